The van der Waals surface area contributed by atoms with E-state index in [0.717, 1.165) is 10.6 Å². The van der Waals surface area contributed by atoms with Crippen molar-refractivity contribution in [2.24, 2.45) is 0 Å². The molecule has 0 atom stereocenters. The molecule has 2 aromatic carbocycles. The third-order valence-electron chi connectivity index (χ3n) is 3.59. The van der Waals surface area contributed by atoms with E-state index in [9.17, 15) is 4.79 Å². The molecule has 0 radical (unpaired) electrons. The molecule has 0 aliphatic carbocycles. The lowest BCUT2D eigenvalue weighted by molar-refractivity contribution is -0.118. The van der Waals surface area contributed by atoms with Crippen molar-refractivity contribution in [1.29, 1.82) is 5.26 Å². The van der Waals surface area contributed by atoms with Crippen LogP contribution in [0.25, 0.3) is 0 Å². The molecule has 2 rings (SSSR count). The second kappa shape index (κ2) is 9.75. The maximum Gasteiger partial charge on any atom is 0.230 e. The zero-order chi connectivity index (χ0) is 18.1. The number of carbonyl (C=O) groups is 1. The fourth-order valence-electron chi connectivity index (χ4n) is 2.13. The number of nitriles is 1. The van der Waals surface area contributed by atoms with Gasteiger partial charge in [-0.05, 0) is 47.9 Å². The van der Waals surface area contributed by atoms with Crippen molar-refractivity contribution in [3.8, 4) is 11.8 Å². The van der Waals surface area contributed by atoms with Gasteiger partial charge in [-0.1, -0.05) is 26.0 Å². The van der Waals surface area contributed by atoms with Crippen LogP contribution in [-0.4, -0.2) is 24.8 Å². The predicted octanol–water partition coefficient (Wildman–Crippen LogP) is 3.97. The average molecular weight is 354 g/mol. The molecule has 130 valence electrons. The molecule has 25 heavy (non-hydrogen) atoms. The number of ether oxygens (including phenoxy) is 1. The summed E-state index contributed by atoms with van der Waals surface area (Å²) < 4.78 is 5.63. The Balaban J connectivity index is 1.64. The molecule has 1 N–H and O–H groups in total. The van der Waals surface area contributed by atoms with Crippen LogP contribution >= 0.6 is 11.8 Å². The van der Waals surface area contributed by atoms with Crippen molar-refractivity contribution in [3.05, 3.63) is 59.7 Å². The van der Waals surface area contributed by atoms with Crippen molar-refractivity contribution in [1.82, 2.24) is 5.32 Å². The van der Waals surface area contributed by atoms with Crippen molar-refractivity contribution in [3.63, 3.8) is 0 Å². The fourth-order valence-corrected chi connectivity index (χ4v) is 2.86. The zero-order valence-electron chi connectivity index (χ0n) is 14.5. The van der Waals surface area contributed by atoms with Gasteiger partial charge < -0.3 is 10.1 Å². The summed E-state index contributed by atoms with van der Waals surface area (Å²) in [5, 5.41) is 11.6. The van der Waals surface area contributed by atoms with Crippen LogP contribution in [0.1, 0.15) is 30.9 Å². The highest BCUT2D eigenvalue weighted by atomic mass is 32.2. The summed E-state index contributed by atoms with van der Waals surface area (Å²) in [4.78, 5) is 12.8. The minimum atomic E-state index is -0.0342. The molecular weight excluding hydrogens is 332 g/mol. The number of benzene rings is 2. The van der Waals surface area contributed by atoms with Crippen LogP contribution in [0.5, 0.6) is 5.75 Å². The summed E-state index contributed by atoms with van der Waals surface area (Å²) in [6.07, 6.45) is 0. The van der Waals surface area contributed by atoms with Crippen LogP contribution in [0.3, 0.4) is 0 Å². The quantitative estimate of drug-likeness (QED) is 0.575. The Kier molecular flexibility index (Phi) is 7.36. The highest BCUT2D eigenvalue weighted by Crippen LogP contribution is 2.19. The highest BCUT2D eigenvalue weighted by Gasteiger charge is 2.03. The largest absolute Gasteiger partial charge is 0.492 e. The Labute approximate surface area is 153 Å². The number of hydrogen-bond acceptors (Lipinski definition) is 4. The summed E-state index contributed by atoms with van der Waals surface area (Å²) >= 11 is 1.44. The molecule has 0 aliphatic rings. The number of thioether (sulfide) groups is 1. The maximum absolute atomic E-state index is 11.8. The van der Waals surface area contributed by atoms with Gasteiger partial charge in [-0.25, -0.2) is 0 Å². The van der Waals surface area contributed by atoms with Crippen molar-refractivity contribution in [2.75, 3.05) is 18.9 Å². The Morgan fingerprint density at radius 2 is 1.84 bits per heavy atom. The maximum atomic E-state index is 11.8. The number of rotatable bonds is 8. The summed E-state index contributed by atoms with van der Waals surface area (Å²) in [7, 11) is 0. The second-order valence-electron chi connectivity index (χ2n) is 5.85. The van der Waals surface area contributed by atoms with Crippen molar-refractivity contribution < 1.29 is 9.53 Å². The standard InChI is InChI=1S/C20H22N2O2S/c1-15(2)17-5-7-18(8-6-17)24-12-11-22-20(23)14-25-19-9-3-16(13-21)4-10-19/h3-10,15H,11-12,14H2,1-2H3,(H,22,23). The number of nitrogens with zero attached hydrogens (tertiary/aromatic N) is 1. The number of nitrogens with one attached hydrogen (secondary N) is 1. The van der Waals surface area contributed by atoms with Gasteiger partial charge in [0.15, 0.2) is 0 Å². The van der Waals surface area contributed by atoms with Gasteiger partial charge in [0.1, 0.15) is 12.4 Å². The summed E-state index contributed by atoms with van der Waals surface area (Å²) in [6.45, 7) is 5.22. The second-order valence-corrected chi connectivity index (χ2v) is 6.90. The SMILES string of the molecule is CC(C)c1ccc(OCCNC(=O)CSc2ccc(C#N)cc2)cc1. The Bertz CT molecular complexity index is 719. The van der Waals surface area contributed by atoms with Gasteiger partial charge in [0.2, 0.25) is 5.91 Å². The molecule has 0 aromatic heterocycles. The Hall–Kier alpha value is -2.45. The van der Waals surface area contributed by atoms with Gasteiger partial charge in [-0.15, -0.1) is 11.8 Å². The Morgan fingerprint density at radius 1 is 1.16 bits per heavy atom. The highest BCUT2D eigenvalue weighted by molar-refractivity contribution is 8.00. The fraction of sp³-hybridized carbons (Fsp3) is 0.300. The van der Waals surface area contributed by atoms with Crippen LogP contribution in [0.4, 0.5) is 0 Å². The molecule has 0 saturated heterocycles. The average Bonchev–Trinajstić information content (AvgIpc) is 2.64. The normalized spacial score (nSPS) is 10.3. The van der Waals surface area contributed by atoms with Crippen molar-refractivity contribution in [2.45, 2.75) is 24.7 Å². The lowest BCUT2D eigenvalue weighted by atomic mass is 10.0. The molecule has 1 amide bonds. The van der Waals surface area contributed by atoms with Gasteiger partial charge in [-0.2, -0.15) is 5.26 Å². The lowest BCUT2D eigenvalue weighted by Crippen LogP contribution is -2.29. The van der Waals surface area contributed by atoms with Crippen molar-refractivity contribution >= 4 is 17.7 Å². The van der Waals surface area contributed by atoms with Crippen LogP contribution < -0.4 is 10.1 Å². The topological polar surface area (TPSA) is 62.1 Å². The van der Waals surface area contributed by atoms with E-state index in [0.29, 0.717) is 30.4 Å². The summed E-state index contributed by atoms with van der Waals surface area (Å²) in [6, 6.07) is 17.3. The number of amides is 1. The minimum absolute atomic E-state index is 0.0342. The molecule has 0 heterocycles. The van der Waals surface area contributed by atoms with E-state index in [2.05, 4.69) is 37.4 Å². The van der Waals surface area contributed by atoms with Gasteiger partial charge in [0, 0.05) is 4.90 Å². The van der Waals surface area contributed by atoms with Crippen LogP contribution in [-0.2, 0) is 4.79 Å². The Morgan fingerprint density at radius 3 is 2.44 bits per heavy atom. The monoisotopic (exact) mass is 354 g/mol. The first kappa shape index (κ1) is 18.9. The smallest absolute Gasteiger partial charge is 0.230 e. The van der Waals surface area contributed by atoms with Gasteiger partial charge in [0.05, 0.1) is 23.9 Å². The van der Waals surface area contributed by atoms with Crippen LogP contribution in [0, 0.1) is 11.3 Å². The van der Waals surface area contributed by atoms with E-state index in [-0.39, 0.29) is 5.91 Å². The molecule has 0 unspecified atom stereocenters. The first-order chi connectivity index (χ1) is 12.1. The third kappa shape index (κ3) is 6.52. The molecule has 0 aliphatic heterocycles. The molecule has 0 spiro atoms. The van der Waals surface area contributed by atoms with E-state index >= 15 is 0 Å². The third-order valence-corrected chi connectivity index (χ3v) is 4.61. The number of carbonyl (C=O) groups excluding carboxylic acids is 1. The first-order valence-corrected chi connectivity index (χ1v) is 9.19. The zero-order valence-corrected chi connectivity index (χ0v) is 15.3. The van der Waals surface area contributed by atoms with E-state index in [1.54, 1.807) is 12.1 Å². The minimum Gasteiger partial charge on any atom is -0.492 e. The molecule has 2 aromatic rings. The van der Waals surface area contributed by atoms with Gasteiger partial charge in [0.25, 0.3) is 0 Å². The molecule has 0 bridgehead atoms. The van der Waals surface area contributed by atoms with E-state index in [1.807, 2.05) is 24.3 Å². The van der Waals surface area contributed by atoms with Gasteiger partial charge >= 0.3 is 0 Å². The number of hydrogen-bond donors (Lipinski definition) is 1. The molecule has 0 saturated carbocycles. The van der Waals surface area contributed by atoms with E-state index < -0.39 is 0 Å². The predicted molar refractivity (Wildman–Crippen MR) is 101 cm³/mol. The molecular formula is C20H22N2O2S. The van der Waals surface area contributed by atoms with E-state index in [4.69, 9.17) is 10.00 Å². The molecule has 0 fully saturated rings. The van der Waals surface area contributed by atoms with Crippen LogP contribution in [0.15, 0.2) is 53.4 Å². The van der Waals surface area contributed by atoms with Crippen LogP contribution in [0.2, 0.25) is 0 Å². The summed E-state index contributed by atoms with van der Waals surface area (Å²) in [5.41, 5.74) is 1.90. The molecule has 4 nitrogen and oxygen atoms in total. The van der Waals surface area contributed by atoms with Gasteiger partial charge in [-0.3, -0.25) is 4.79 Å². The first-order valence-electron chi connectivity index (χ1n) is 8.21. The van der Waals surface area contributed by atoms with E-state index in [1.165, 1.54) is 17.3 Å². The molecule has 5 heteroatoms. The lowest BCUT2D eigenvalue weighted by Gasteiger charge is -2.09. The summed E-state index contributed by atoms with van der Waals surface area (Å²) in [5.74, 6) is 1.62.